The van der Waals surface area contributed by atoms with E-state index in [1.807, 2.05) is 12.1 Å². The minimum atomic E-state index is 0.825. The summed E-state index contributed by atoms with van der Waals surface area (Å²) in [5.74, 6) is 0. The van der Waals surface area contributed by atoms with Crippen LogP contribution < -0.4 is 5.46 Å². The van der Waals surface area contributed by atoms with E-state index in [4.69, 9.17) is 7.85 Å². The van der Waals surface area contributed by atoms with Crippen molar-refractivity contribution >= 4 is 13.3 Å². The summed E-state index contributed by atoms with van der Waals surface area (Å²) in [6.45, 7) is 2.03. The molecule has 0 atom stereocenters. The van der Waals surface area contributed by atoms with Crippen LogP contribution in [-0.4, -0.2) is 26.3 Å². The molecule has 0 saturated heterocycles. The van der Waals surface area contributed by atoms with Crippen LogP contribution in [0.1, 0.15) is 11.1 Å². The Balaban J connectivity index is 1.82. The lowest BCUT2D eigenvalue weighted by Crippen LogP contribution is -2.21. The molecule has 2 aromatic carbocycles. The number of nitrogens with zero attached hydrogens (tertiary/aromatic N) is 1. The fraction of sp³-hybridized carbons (Fsp3) is 0.250. The number of benzene rings is 2. The third-order valence-corrected chi connectivity index (χ3v) is 3.06. The smallest absolute Gasteiger partial charge is 0.113 e. The zero-order valence-corrected chi connectivity index (χ0v) is 10.8. The summed E-state index contributed by atoms with van der Waals surface area (Å²) in [5, 5.41) is 0. The average molecular weight is 235 g/mol. The topological polar surface area (TPSA) is 3.24 Å². The van der Waals surface area contributed by atoms with Crippen LogP contribution in [0.4, 0.5) is 0 Å². The van der Waals surface area contributed by atoms with E-state index in [0.29, 0.717) is 0 Å². The molecule has 1 nitrogen and oxygen atoms in total. The lowest BCUT2D eigenvalue weighted by Gasteiger charge is -2.16. The predicted molar refractivity (Wildman–Crippen MR) is 78.3 cm³/mol. The van der Waals surface area contributed by atoms with E-state index >= 15 is 0 Å². The van der Waals surface area contributed by atoms with E-state index in [1.54, 1.807) is 0 Å². The van der Waals surface area contributed by atoms with Crippen molar-refractivity contribution in [1.82, 2.24) is 4.90 Å². The molecule has 0 fully saturated rings. The lowest BCUT2D eigenvalue weighted by atomic mass is 9.95. The van der Waals surface area contributed by atoms with Crippen LogP contribution >= 0.6 is 0 Å². The fourth-order valence-corrected chi connectivity index (χ4v) is 1.98. The molecule has 2 heteroatoms. The van der Waals surface area contributed by atoms with E-state index in [2.05, 4.69) is 54.4 Å². The van der Waals surface area contributed by atoms with Crippen LogP contribution in [0.3, 0.4) is 0 Å². The Labute approximate surface area is 111 Å². The first-order chi connectivity index (χ1) is 8.74. The van der Waals surface area contributed by atoms with Gasteiger partial charge in [0.05, 0.1) is 0 Å². The van der Waals surface area contributed by atoms with Gasteiger partial charge in [-0.15, -0.1) is 0 Å². The van der Waals surface area contributed by atoms with E-state index in [-0.39, 0.29) is 0 Å². The predicted octanol–water partition coefficient (Wildman–Crippen LogP) is 2.15. The second-order valence-corrected chi connectivity index (χ2v) is 4.71. The average Bonchev–Trinajstić information content (AvgIpc) is 2.40. The second kappa shape index (κ2) is 6.41. The summed E-state index contributed by atoms with van der Waals surface area (Å²) in [6, 6.07) is 18.7. The number of hydrogen-bond donors (Lipinski definition) is 0. The third-order valence-electron chi connectivity index (χ3n) is 3.06. The SMILES string of the molecule is [B]c1ccc(CN(C)CCc2ccccc2)cc1. The van der Waals surface area contributed by atoms with E-state index in [9.17, 15) is 0 Å². The van der Waals surface area contributed by atoms with Crippen LogP contribution in [0.5, 0.6) is 0 Å². The molecule has 18 heavy (non-hydrogen) atoms. The maximum atomic E-state index is 5.68. The Morgan fingerprint density at radius 1 is 0.889 bits per heavy atom. The van der Waals surface area contributed by atoms with Crippen molar-refractivity contribution in [3.8, 4) is 0 Å². The van der Waals surface area contributed by atoms with Crippen LogP contribution in [0.15, 0.2) is 54.6 Å². The zero-order chi connectivity index (χ0) is 12.8. The van der Waals surface area contributed by atoms with Gasteiger partial charge in [0, 0.05) is 13.1 Å². The van der Waals surface area contributed by atoms with Gasteiger partial charge in [-0.1, -0.05) is 60.1 Å². The number of likely N-dealkylation sites (N-methyl/N-ethyl adjacent to an activating group) is 1. The quantitative estimate of drug-likeness (QED) is 0.718. The van der Waals surface area contributed by atoms with Crippen molar-refractivity contribution in [1.29, 1.82) is 0 Å². The monoisotopic (exact) mass is 235 g/mol. The number of hydrogen-bond acceptors (Lipinski definition) is 1. The van der Waals surface area contributed by atoms with Gasteiger partial charge in [-0.05, 0) is 24.6 Å². The normalized spacial score (nSPS) is 10.8. The highest BCUT2D eigenvalue weighted by atomic mass is 15.1. The highest BCUT2D eigenvalue weighted by molar-refractivity contribution is 6.32. The van der Waals surface area contributed by atoms with Gasteiger partial charge in [0.1, 0.15) is 7.85 Å². The Morgan fingerprint density at radius 3 is 2.22 bits per heavy atom. The molecule has 0 amide bonds. The van der Waals surface area contributed by atoms with Crippen molar-refractivity contribution in [3.05, 3.63) is 65.7 Å². The van der Waals surface area contributed by atoms with Crippen molar-refractivity contribution in [2.75, 3.05) is 13.6 Å². The fourth-order valence-electron chi connectivity index (χ4n) is 1.98. The minimum absolute atomic E-state index is 0.825. The van der Waals surface area contributed by atoms with Crippen LogP contribution in [0.2, 0.25) is 0 Å². The third kappa shape index (κ3) is 4.04. The lowest BCUT2D eigenvalue weighted by molar-refractivity contribution is 0.331. The van der Waals surface area contributed by atoms with Crippen molar-refractivity contribution in [3.63, 3.8) is 0 Å². The number of rotatable bonds is 5. The highest BCUT2D eigenvalue weighted by Gasteiger charge is 2.00. The molecule has 90 valence electrons. The van der Waals surface area contributed by atoms with E-state index < -0.39 is 0 Å². The van der Waals surface area contributed by atoms with Crippen molar-refractivity contribution in [2.24, 2.45) is 0 Å². The molecule has 2 radical (unpaired) electrons. The van der Waals surface area contributed by atoms with Crippen molar-refractivity contribution < 1.29 is 0 Å². The summed E-state index contributed by atoms with van der Waals surface area (Å²) >= 11 is 0. The molecule has 0 heterocycles. The molecule has 0 aliphatic carbocycles. The second-order valence-electron chi connectivity index (χ2n) is 4.71. The van der Waals surface area contributed by atoms with Gasteiger partial charge >= 0.3 is 0 Å². The summed E-state index contributed by atoms with van der Waals surface area (Å²) < 4.78 is 0. The van der Waals surface area contributed by atoms with Gasteiger partial charge < -0.3 is 4.90 Å². The molecular weight excluding hydrogens is 217 g/mol. The van der Waals surface area contributed by atoms with Crippen molar-refractivity contribution in [2.45, 2.75) is 13.0 Å². The van der Waals surface area contributed by atoms with Gasteiger partial charge in [-0.25, -0.2) is 0 Å². The maximum absolute atomic E-state index is 5.68. The van der Waals surface area contributed by atoms with Gasteiger partial charge in [-0.3, -0.25) is 0 Å². The van der Waals surface area contributed by atoms with E-state index in [0.717, 1.165) is 25.0 Å². The Morgan fingerprint density at radius 2 is 1.56 bits per heavy atom. The Bertz CT molecular complexity index is 464. The Kier molecular flexibility index (Phi) is 4.60. The molecule has 0 spiro atoms. The minimum Gasteiger partial charge on any atom is -0.302 e. The molecule has 0 bridgehead atoms. The molecule has 0 saturated carbocycles. The Hall–Kier alpha value is -1.54. The molecule has 0 aliphatic heterocycles. The van der Waals surface area contributed by atoms with Crippen LogP contribution in [0, 0.1) is 0 Å². The first-order valence-electron chi connectivity index (χ1n) is 6.31. The maximum Gasteiger partial charge on any atom is 0.113 e. The summed E-state index contributed by atoms with van der Waals surface area (Å²) in [4.78, 5) is 2.33. The van der Waals surface area contributed by atoms with E-state index in [1.165, 1.54) is 11.1 Å². The highest BCUT2D eigenvalue weighted by Crippen LogP contribution is 2.04. The molecule has 0 aromatic heterocycles. The molecule has 0 unspecified atom stereocenters. The van der Waals surface area contributed by atoms with Crippen LogP contribution in [0.25, 0.3) is 0 Å². The molecular formula is C16H18BN. The first kappa shape index (κ1) is 12.9. The summed E-state index contributed by atoms with van der Waals surface area (Å²) in [6.07, 6.45) is 1.09. The summed E-state index contributed by atoms with van der Waals surface area (Å²) in [7, 11) is 7.83. The van der Waals surface area contributed by atoms with Crippen LogP contribution in [-0.2, 0) is 13.0 Å². The molecule has 0 aliphatic rings. The zero-order valence-electron chi connectivity index (χ0n) is 10.8. The summed E-state index contributed by atoms with van der Waals surface area (Å²) in [5.41, 5.74) is 3.52. The molecule has 0 N–H and O–H groups in total. The van der Waals surface area contributed by atoms with Gasteiger partial charge in [0.2, 0.25) is 0 Å². The van der Waals surface area contributed by atoms with Gasteiger partial charge in [-0.2, -0.15) is 0 Å². The standard InChI is InChI=1S/C16H18BN/c1-18(12-11-14-5-3-2-4-6-14)13-15-7-9-16(17)10-8-15/h2-10H,11-13H2,1H3. The largest absolute Gasteiger partial charge is 0.302 e. The van der Waals surface area contributed by atoms with Gasteiger partial charge in [0.15, 0.2) is 0 Å². The molecule has 2 rings (SSSR count). The van der Waals surface area contributed by atoms with Gasteiger partial charge in [0.25, 0.3) is 0 Å². The first-order valence-corrected chi connectivity index (χ1v) is 6.31. The molecule has 2 aromatic rings.